The number of rotatable bonds is 8. The van der Waals surface area contributed by atoms with Gasteiger partial charge in [-0.05, 0) is 32.3 Å². The number of hydrogen-bond donors (Lipinski definition) is 2. The fourth-order valence-corrected chi connectivity index (χ4v) is 5.03. The number of aromatic hydroxyl groups is 2. The molecule has 2 aromatic rings. The smallest absolute Gasteiger partial charge is 0.507 e. The molecule has 0 aromatic heterocycles. The number of carbonyl (C=O) groups excluding carboxylic acids is 4. The number of benzene rings is 2. The number of carbonyl (C=O) groups is 4. The van der Waals surface area contributed by atoms with E-state index < -0.39 is 94.2 Å². The van der Waals surface area contributed by atoms with Gasteiger partial charge in [0.2, 0.25) is 17.4 Å². The van der Waals surface area contributed by atoms with Crippen LogP contribution in [0.25, 0.3) is 0 Å². The van der Waals surface area contributed by atoms with Crippen molar-refractivity contribution < 1.29 is 65.6 Å². The SMILES string of the molecule is COc1cccc(C(=O)c2c(O)c3c(c(O)c2C=O)CCC(C(=O)COC(=O)OC2=C(F)CC(F)=C(F)C(F)=C2F)C3)c1C. The number of allylic oxidation sites excluding steroid dienone is 5. The van der Waals surface area contributed by atoms with Gasteiger partial charge in [0.25, 0.3) is 0 Å². The third-order valence-corrected chi connectivity index (χ3v) is 7.34. The summed E-state index contributed by atoms with van der Waals surface area (Å²) in [6.45, 7) is 0.549. The van der Waals surface area contributed by atoms with E-state index in [0.717, 1.165) is 0 Å². The summed E-state index contributed by atoms with van der Waals surface area (Å²) < 4.78 is 82.5. The zero-order valence-corrected chi connectivity index (χ0v) is 23.1. The number of methoxy groups -OCH3 is 1. The van der Waals surface area contributed by atoms with Crippen LogP contribution in [0.1, 0.15) is 55.8 Å². The van der Waals surface area contributed by atoms with Crippen LogP contribution in [0.5, 0.6) is 17.2 Å². The Balaban J connectivity index is 1.54. The van der Waals surface area contributed by atoms with E-state index in [-0.39, 0.29) is 42.2 Å². The van der Waals surface area contributed by atoms with Gasteiger partial charge in [0.15, 0.2) is 36.1 Å². The molecule has 2 N–H and O–H groups in total. The monoisotopic (exact) mass is 622 g/mol. The molecule has 0 fully saturated rings. The Morgan fingerprint density at radius 3 is 2.34 bits per heavy atom. The van der Waals surface area contributed by atoms with Gasteiger partial charge in [-0.1, -0.05) is 12.1 Å². The van der Waals surface area contributed by atoms with Gasteiger partial charge in [-0.2, -0.15) is 4.39 Å². The first-order chi connectivity index (χ1) is 20.8. The van der Waals surface area contributed by atoms with E-state index in [2.05, 4.69) is 9.47 Å². The molecule has 1 atom stereocenters. The number of hydrogen-bond acceptors (Lipinski definition) is 9. The first-order valence-corrected chi connectivity index (χ1v) is 12.9. The zero-order valence-electron chi connectivity index (χ0n) is 23.1. The van der Waals surface area contributed by atoms with Crippen molar-refractivity contribution in [2.24, 2.45) is 5.92 Å². The standard InChI is InChI=1S/C30H23F5O9/c1-12-14(4-3-5-21(12)42-2)27(39)22-17(10-36)26(38)15-7-6-13(8-16(15)28(22)40)20(37)11-43-30(41)44-29-19(32)9-18(31)23(33)24(34)25(29)35/h3-5,10,13,38,40H,6-9,11H2,1-2H3. The first-order valence-electron chi connectivity index (χ1n) is 12.9. The lowest BCUT2D eigenvalue weighted by Crippen LogP contribution is -2.28. The van der Waals surface area contributed by atoms with Gasteiger partial charge in [-0.3, -0.25) is 14.4 Å². The van der Waals surface area contributed by atoms with E-state index in [0.29, 0.717) is 11.3 Å². The number of halogens is 5. The number of ketones is 2. The zero-order chi connectivity index (χ0) is 32.5. The molecule has 4 rings (SSSR count). The summed E-state index contributed by atoms with van der Waals surface area (Å²) in [4.78, 5) is 50.3. The van der Waals surface area contributed by atoms with Crippen molar-refractivity contribution in [2.45, 2.75) is 32.6 Å². The molecule has 0 saturated heterocycles. The summed E-state index contributed by atoms with van der Waals surface area (Å²) >= 11 is 0. The largest absolute Gasteiger partial charge is 0.514 e. The van der Waals surface area contributed by atoms with Crippen LogP contribution in [0.4, 0.5) is 26.7 Å². The van der Waals surface area contributed by atoms with Crippen LogP contribution in [0.15, 0.2) is 53.1 Å². The van der Waals surface area contributed by atoms with Gasteiger partial charge >= 0.3 is 6.16 Å². The van der Waals surface area contributed by atoms with Crippen molar-refractivity contribution in [3.8, 4) is 17.2 Å². The molecule has 1 unspecified atom stereocenters. The molecule has 0 aliphatic heterocycles. The molecule has 2 aliphatic carbocycles. The van der Waals surface area contributed by atoms with E-state index in [1.807, 2.05) is 0 Å². The summed E-state index contributed by atoms with van der Waals surface area (Å²) in [5, 5.41) is 22.0. The molecule has 0 spiro atoms. The minimum Gasteiger partial charge on any atom is -0.507 e. The van der Waals surface area contributed by atoms with Crippen LogP contribution < -0.4 is 4.74 Å². The van der Waals surface area contributed by atoms with E-state index in [1.165, 1.54) is 19.2 Å². The van der Waals surface area contributed by atoms with Crippen LogP contribution in [0.2, 0.25) is 0 Å². The van der Waals surface area contributed by atoms with E-state index in [1.54, 1.807) is 13.0 Å². The van der Waals surface area contributed by atoms with Gasteiger partial charge in [-0.15, -0.1) is 0 Å². The fraction of sp³-hybridized carbons (Fsp3) is 0.267. The predicted molar refractivity (Wildman–Crippen MR) is 141 cm³/mol. The van der Waals surface area contributed by atoms with E-state index in [4.69, 9.17) is 4.74 Å². The third-order valence-electron chi connectivity index (χ3n) is 7.34. The number of Topliss-reactive ketones (excluding diaryl/α,β-unsaturated/α-hetero) is 1. The Bertz CT molecular complexity index is 1690. The maximum atomic E-state index is 14.0. The summed E-state index contributed by atoms with van der Waals surface area (Å²) in [6.07, 6.45) is -3.48. The second kappa shape index (κ2) is 12.7. The highest BCUT2D eigenvalue weighted by Crippen LogP contribution is 2.44. The van der Waals surface area contributed by atoms with Crippen molar-refractivity contribution in [3.63, 3.8) is 0 Å². The van der Waals surface area contributed by atoms with Gasteiger partial charge in [-0.25, -0.2) is 22.4 Å². The fourth-order valence-electron chi connectivity index (χ4n) is 5.03. The number of phenolic OH excluding ortho intramolecular Hbond substituents is 2. The van der Waals surface area contributed by atoms with E-state index in [9.17, 15) is 51.3 Å². The van der Waals surface area contributed by atoms with Crippen LogP contribution in [0.3, 0.4) is 0 Å². The average Bonchev–Trinajstić information content (AvgIpc) is 3.07. The van der Waals surface area contributed by atoms with Gasteiger partial charge in [0.1, 0.15) is 23.1 Å². The normalized spacial score (nSPS) is 16.8. The number of aldehydes is 1. The second-order valence-corrected chi connectivity index (χ2v) is 9.83. The van der Waals surface area contributed by atoms with Crippen molar-refractivity contribution >= 4 is 24.0 Å². The minimum absolute atomic E-state index is 0.00547. The summed E-state index contributed by atoms with van der Waals surface area (Å²) in [5.74, 6) is -16.1. The minimum atomic E-state index is -2.44. The summed E-state index contributed by atoms with van der Waals surface area (Å²) in [6, 6.07) is 4.55. The molecule has 2 aromatic carbocycles. The van der Waals surface area contributed by atoms with Gasteiger partial charge in [0.05, 0.1) is 24.7 Å². The highest BCUT2D eigenvalue weighted by molar-refractivity contribution is 6.16. The quantitative estimate of drug-likeness (QED) is 0.116. The lowest BCUT2D eigenvalue weighted by molar-refractivity contribution is -0.126. The molecular weight excluding hydrogens is 599 g/mol. The topological polar surface area (TPSA) is 136 Å². The Kier molecular flexibility index (Phi) is 9.21. The van der Waals surface area contributed by atoms with Crippen LogP contribution in [0, 0.1) is 12.8 Å². The van der Waals surface area contributed by atoms with Crippen LogP contribution >= 0.6 is 0 Å². The lowest BCUT2D eigenvalue weighted by atomic mass is 9.78. The Morgan fingerprint density at radius 1 is 0.977 bits per heavy atom. The molecule has 232 valence electrons. The van der Waals surface area contributed by atoms with Crippen molar-refractivity contribution in [2.75, 3.05) is 13.7 Å². The molecule has 14 heteroatoms. The third kappa shape index (κ3) is 5.79. The summed E-state index contributed by atoms with van der Waals surface area (Å²) in [7, 11) is 1.39. The van der Waals surface area contributed by atoms with Crippen LogP contribution in [-0.4, -0.2) is 47.9 Å². The Labute approximate surface area is 245 Å². The first kappa shape index (κ1) is 31.9. The molecule has 0 radical (unpaired) electrons. The van der Waals surface area contributed by atoms with Gasteiger partial charge < -0.3 is 24.4 Å². The highest BCUT2D eigenvalue weighted by Gasteiger charge is 2.35. The Morgan fingerprint density at radius 2 is 1.68 bits per heavy atom. The van der Waals surface area contributed by atoms with E-state index >= 15 is 0 Å². The summed E-state index contributed by atoms with van der Waals surface area (Å²) in [5.41, 5.74) is -0.351. The molecule has 9 nitrogen and oxygen atoms in total. The number of ether oxygens (including phenoxy) is 3. The molecule has 0 bridgehead atoms. The van der Waals surface area contributed by atoms with Crippen molar-refractivity contribution in [3.05, 3.63) is 86.5 Å². The van der Waals surface area contributed by atoms with Crippen molar-refractivity contribution in [1.82, 2.24) is 0 Å². The maximum absolute atomic E-state index is 14.0. The molecule has 0 heterocycles. The van der Waals surface area contributed by atoms with Gasteiger partial charge in [0, 0.05) is 28.2 Å². The number of phenols is 2. The molecule has 2 aliphatic rings. The average molecular weight is 622 g/mol. The predicted octanol–water partition coefficient (Wildman–Crippen LogP) is 6.17. The molecular formula is C30H23F5O9. The highest BCUT2D eigenvalue weighted by atomic mass is 19.2. The molecule has 44 heavy (non-hydrogen) atoms. The molecule has 0 saturated carbocycles. The van der Waals surface area contributed by atoms with Crippen LogP contribution in [-0.2, 0) is 27.1 Å². The number of fused-ring (bicyclic) bond motifs is 1. The Hall–Kier alpha value is -5.01. The maximum Gasteiger partial charge on any atom is 0.514 e. The lowest BCUT2D eigenvalue weighted by Gasteiger charge is -2.27. The van der Waals surface area contributed by atoms with Crippen molar-refractivity contribution in [1.29, 1.82) is 0 Å². The second-order valence-electron chi connectivity index (χ2n) is 9.83. The molecule has 0 amide bonds.